The summed E-state index contributed by atoms with van der Waals surface area (Å²) in [6.07, 6.45) is 9.95. The van der Waals surface area contributed by atoms with Crippen LogP contribution >= 0.6 is 0 Å². The van der Waals surface area contributed by atoms with Crippen LogP contribution in [-0.4, -0.2) is 31.6 Å². The minimum Gasteiger partial charge on any atom is -0.327 e. The number of nitrogens with zero attached hydrogens (tertiary/aromatic N) is 1. The van der Waals surface area contributed by atoms with Crippen LogP contribution in [0.5, 0.6) is 0 Å². The van der Waals surface area contributed by atoms with E-state index in [9.17, 15) is 0 Å². The largest absolute Gasteiger partial charge is 0.327 e. The Labute approximate surface area is 81.8 Å². The van der Waals surface area contributed by atoms with Crippen molar-refractivity contribution in [1.82, 2.24) is 4.90 Å². The first-order valence-electron chi connectivity index (χ1n) is 5.36. The number of likely N-dealkylation sites (N-methyl/N-ethyl adjacent to an activating group) is 1. The van der Waals surface area contributed by atoms with Crippen molar-refractivity contribution in [3.05, 3.63) is 12.2 Å². The number of hydrogen-bond donors (Lipinski definition) is 1. The minimum absolute atomic E-state index is 0.664. The van der Waals surface area contributed by atoms with Crippen LogP contribution in [0.2, 0.25) is 0 Å². The van der Waals surface area contributed by atoms with Gasteiger partial charge in [0.2, 0.25) is 0 Å². The van der Waals surface area contributed by atoms with Gasteiger partial charge in [-0.2, -0.15) is 0 Å². The van der Waals surface area contributed by atoms with Gasteiger partial charge in [0.15, 0.2) is 0 Å². The average Bonchev–Trinajstić information content (AvgIpc) is 2.57. The van der Waals surface area contributed by atoms with Crippen molar-refractivity contribution in [2.45, 2.75) is 25.7 Å². The van der Waals surface area contributed by atoms with Crippen LogP contribution in [0.4, 0.5) is 0 Å². The topological polar surface area (TPSA) is 29.3 Å². The molecule has 0 spiro atoms. The maximum atomic E-state index is 5.37. The molecular weight excluding hydrogens is 160 g/mol. The first-order valence-corrected chi connectivity index (χ1v) is 5.36. The molecule has 1 rings (SSSR count). The van der Waals surface area contributed by atoms with E-state index in [1.54, 1.807) is 0 Å². The highest BCUT2D eigenvalue weighted by Gasteiger charge is 2.15. The van der Waals surface area contributed by atoms with Gasteiger partial charge in [-0.1, -0.05) is 25.0 Å². The molecule has 2 heteroatoms. The normalized spacial score (nSPS) is 19.3. The molecule has 0 saturated heterocycles. The van der Waals surface area contributed by atoms with Gasteiger partial charge in [0, 0.05) is 19.6 Å². The molecule has 0 aromatic rings. The van der Waals surface area contributed by atoms with Gasteiger partial charge < -0.3 is 10.6 Å². The number of nitrogens with two attached hydrogens (primary N) is 1. The first kappa shape index (κ1) is 10.7. The Morgan fingerprint density at radius 3 is 2.62 bits per heavy atom. The van der Waals surface area contributed by atoms with Crippen LogP contribution < -0.4 is 5.73 Å². The summed E-state index contributed by atoms with van der Waals surface area (Å²) < 4.78 is 0. The van der Waals surface area contributed by atoms with Gasteiger partial charge in [-0.15, -0.1) is 0 Å². The van der Waals surface area contributed by atoms with Crippen molar-refractivity contribution in [3.8, 4) is 0 Å². The Balaban J connectivity index is 2.09. The molecule has 1 aliphatic rings. The number of rotatable bonds is 5. The fourth-order valence-corrected chi connectivity index (χ4v) is 2.06. The van der Waals surface area contributed by atoms with Crippen LogP contribution in [0, 0.1) is 5.92 Å². The zero-order valence-corrected chi connectivity index (χ0v) is 8.71. The van der Waals surface area contributed by atoms with E-state index in [4.69, 9.17) is 5.73 Å². The Kier molecular flexibility index (Phi) is 5.09. The highest BCUT2D eigenvalue weighted by atomic mass is 15.1. The Hall–Kier alpha value is -0.340. The van der Waals surface area contributed by atoms with E-state index >= 15 is 0 Å². The van der Waals surface area contributed by atoms with Gasteiger partial charge in [-0.05, 0) is 25.8 Å². The van der Waals surface area contributed by atoms with E-state index < -0.39 is 0 Å². The van der Waals surface area contributed by atoms with Crippen LogP contribution in [0.25, 0.3) is 0 Å². The molecule has 13 heavy (non-hydrogen) atoms. The first-order chi connectivity index (χ1) is 6.33. The summed E-state index contributed by atoms with van der Waals surface area (Å²) in [7, 11) is 2.19. The molecule has 0 radical (unpaired) electrons. The second-order valence-corrected chi connectivity index (χ2v) is 4.08. The molecule has 2 nitrogen and oxygen atoms in total. The predicted octanol–water partition coefficient (Wildman–Crippen LogP) is 1.62. The van der Waals surface area contributed by atoms with Gasteiger partial charge >= 0.3 is 0 Å². The zero-order valence-electron chi connectivity index (χ0n) is 8.71. The summed E-state index contributed by atoms with van der Waals surface area (Å²) >= 11 is 0. The molecular formula is C11H22N2. The summed E-state index contributed by atoms with van der Waals surface area (Å²) in [5, 5.41) is 0. The summed E-state index contributed by atoms with van der Waals surface area (Å²) in [6, 6.07) is 0. The lowest BCUT2D eigenvalue weighted by molar-refractivity contribution is 0.303. The van der Waals surface area contributed by atoms with Crippen LogP contribution in [0.1, 0.15) is 25.7 Å². The number of hydrogen-bond acceptors (Lipinski definition) is 2. The molecule has 1 saturated carbocycles. The summed E-state index contributed by atoms with van der Waals surface area (Å²) in [5.41, 5.74) is 5.37. The molecule has 1 fully saturated rings. The van der Waals surface area contributed by atoms with Crippen molar-refractivity contribution < 1.29 is 0 Å². The van der Waals surface area contributed by atoms with Crippen molar-refractivity contribution in [2.75, 3.05) is 26.7 Å². The Morgan fingerprint density at radius 1 is 1.31 bits per heavy atom. The molecule has 0 aromatic heterocycles. The average molecular weight is 182 g/mol. The molecule has 76 valence electrons. The third-order valence-electron chi connectivity index (χ3n) is 2.76. The summed E-state index contributed by atoms with van der Waals surface area (Å²) in [5.74, 6) is 0.955. The quantitative estimate of drug-likeness (QED) is 0.655. The highest BCUT2D eigenvalue weighted by Crippen LogP contribution is 2.24. The fraction of sp³-hybridized carbons (Fsp3) is 0.818. The third-order valence-corrected chi connectivity index (χ3v) is 2.76. The van der Waals surface area contributed by atoms with Gasteiger partial charge in [0.25, 0.3) is 0 Å². The molecule has 0 aliphatic heterocycles. The van der Waals surface area contributed by atoms with Crippen molar-refractivity contribution in [1.29, 1.82) is 0 Å². The lowest BCUT2D eigenvalue weighted by Gasteiger charge is -2.18. The maximum absolute atomic E-state index is 5.37. The molecule has 0 bridgehead atoms. The van der Waals surface area contributed by atoms with Gasteiger partial charge in [0.05, 0.1) is 0 Å². The van der Waals surface area contributed by atoms with E-state index in [1.165, 1.54) is 32.2 Å². The van der Waals surface area contributed by atoms with E-state index in [-0.39, 0.29) is 0 Å². The Bertz CT molecular complexity index is 148. The molecule has 0 aromatic carbocycles. The molecule has 0 unspecified atom stereocenters. The van der Waals surface area contributed by atoms with Crippen molar-refractivity contribution in [3.63, 3.8) is 0 Å². The Morgan fingerprint density at radius 2 is 2.00 bits per heavy atom. The van der Waals surface area contributed by atoms with E-state index in [0.29, 0.717) is 6.54 Å². The molecule has 0 heterocycles. The van der Waals surface area contributed by atoms with E-state index in [2.05, 4.69) is 18.0 Å². The van der Waals surface area contributed by atoms with E-state index in [1.807, 2.05) is 6.08 Å². The monoisotopic (exact) mass is 182 g/mol. The van der Waals surface area contributed by atoms with E-state index in [0.717, 1.165) is 12.5 Å². The van der Waals surface area contributed by atoms with Crippen LogP contribution in [0.15, 0.2) is 12.2 Å². The fourth-order valence-electron chi connectivity index (χ4n) is 2.06. The highest BCUT2D eigenvalue weighted by molar-refractivity contribution is 4.85. The van der Waals surface area contributed by atoms with Crippen LogP contribution in [0.3, 0.4) is 0 Å². The standard InChI is InChI=1S/C11H22N2/c1-13(9-5-4-8-12)10-11-6-2-3-7-11/h4-5,11H,2-3,6-10,12H2,1H3. The second-order valence-electron chi connectivity index (χ2n) is 4.08. The molecule has 0 atom stereocenters. The molecule has 0 amide bonds. The molecule has 2 N–H and O–H groups in total. The van der Waals surface area contributed by atoms with Gasteiger partial charge in [-0.25, -0.2) is 0 Å². The minimum atomic E-state index is 0.664. The summed E-state index contributed by atoms with van der Waals surface area (Å²) in [4.78, 5) is 2.39. The predicted molar refractivity (Wildman–Crippen MR) is 57.6 cm³/mol. The zero-order chi connectivity index (χ0) is 9.52. The lowest BCUT2D eigenvalue weighted by atomic mass is 10.1. The lowest BCUT2D eigenvalue weighted by Crippen LogP contribution is -2.24. The van der Waals surface area contributed by atoms with Crippen molar-refractivity contribution in [2.24, 2.45) is 11.7 Å². The smallest absolute Gasteiger partial charge is 0.0160 e. The second kappa shape index (κ2) is 6.17. The van der Waals surface area contributed by atoms with Crippen LogP contribution in [-0.2, 0) is 0 Å². The van der Waals surface area contributed by atoms with Gasteiger partial charge in [0.1, 0.15) is 0 Å². The molecule has 1 aliphatic carbocycles. The SMILES string of the molecule is CN(CC=CCN)CC1CCCC1. The maximum Gasteiger partial charge on any atom is 0.0160 e. The van der Waals surface area contributed by atoms with Gasteiger partial charge in [-0.3, -0.25) is 0 Å². The summed E-state index contributed by atoms with van der Waals surface area (Å²) in [6.45, 7) is 2.97. The van der Waals surface area contributed by atoms with Crippen molar-refractivity contribution >= 4 is 0 Å². The third kappa shape index (κ3) is 4.44.